The van der Waals surface area contributed by atoms with Gasteiger partial charge in [-0.15, -0.1) is 0 Å². The summed E-state index contributed by atoms with van der Waals surface area (Å²) < 4.78 is 50.8. The predicted molar refractivity (Wildman–Crippen MR) is 125 cm³/mol. The van der Waals surface area contributed by atoms with Crippen molar-refractivity contribution in [3.63, 3.8) is 0 Å². The van der Waals surface area contributed by atoms with E-state index in [0.717, 1.165) is 29.9 Å². The minimum Gasteiger partial charge on any atom is -0.471 e. The maximum absolute atomic E-state index is 15.0. The Balaban J connectivity index is 1.35. The molecule has 0 radical (unpaired) electrons. The maximum atomic E-state index is 15.0. The highest BCUT2D eigenvalue weighted by molar-refractivity contribution is 5.90. The Hall–Kier alpha value is -3.47. The molecule has 0 bridgehead atoms. The van der Waals surface area contributed by atoms with E-state index in [1.165, 1.54) is 12.3 Å². The van der Waals surface area contributed by atoms with Gasteiger partial charge in [-0.3, -0.25) is 9.69 Å². The van der Waals surface area contributed by atoms with E-state index < -0.39 is 23.8 Å². The maximum Gasteiger partial charge on any atom is 0.414 e. The first-order valence-electron chi connectivity index (χ1n) is 12.0. The van der Waals surface area contributed by atoms with Crippen molar-refractivity contribution in [3.8, 4) is 5.88 Å². The lowest BCUT2D eigenvalue weighted by molar-refractivity contribution is -0.131. The molecule has 2 aliphatic heterocycles. The molecule has 1 unspecified atom stereocenters. The molecule has 11 heteroatoms. The second kappa shape index (κ2) is 12.0. The van der Waals surface area contributed by atoms with Crippen LogP contribution in [0.5, 0.6) is 5.88 Å². The number of unbranched alkanes of at least 4 members (excludes halogenated alkanes) is 1. The van der Waals surface area contributed by atoms with E-state index >= 15 is 8.78 Å². The van der Waals surface area contributed by atoms with Crippen molar-refractivity contribution in [1.29, 1.82) is 0 Å². The summed E-state index contributed by atoms with van der Waals surface area (Å²) in [5.41, 5.74) is 0.397. The van der Waals surface area contributed by atoms with Crippen molar-refractivity contribution >= 4 is 23.3 Å². The number of anilines is 1. The van der Waals surface area contributed by atoms with Crippen LogP contribution in [-0.4, -0.2) is 67.6 Å². The Labute approximate surface area is 207 Å². The lowest BCUT2D eigenvalue weighted by Gasteiger charge is -2.27. The molecule has 9 nitrogen and oxygen atoms in total. The number of nitrogens with zero attached hydrogens (tertiary/aromatic N) is 3. The second-order valence-corrected chi connectivity index (χ2v) is 8.58. The Morgan fingerprint density at radius 1 is 1.25 bits per heavy atom. The summed E-state index contributed by atoms with van der Waals surface area (Å²) >= 11 is 0. The molecule has 4 rings (SSSR count). The van der Waals surface area contributed by atoms with Crippen molar-refractivity contribution < 1.29 is 37.1 Å². The summed E-state index contributed by atoms with van der Waals surface area (Å²) in [5, 5.41) is 3.60. The van der Waals surface area contributed by atoms with Crippen LogP contribution in [0, 0.1) is 11.6 Å². The molecule has 0 spiro atoms. The van der Waals surface area contributed by atoms with Crippen molar-refractivity contribution in [1.82, 2.24) is 10.1 Å². The Kier molecular flexibility index (Phi) is 8.52. The van der Waals surface area contributed by atoms with Gasteiger partial charge in [0, 0.05) is 31.3 Å². The largest absolute Gasteiger partial charge is 0.471 e. The van der Waals surface area contributed by atoms with Crippen molar-refractivity contribution in [3.05, 3.63) is 47.7 Å². The van der Waals surface area contributed by atoms with Crippen LogP contribution in [0.25, 0.3) is 5.57 Å². The van der Waals surface area contributed by atoms with E-state index in [4.69, 9.17) is 14.2 Å². The highest BCUT2D eigenvalue weighted by Gasteiger charge is 2.34. The van der Waals surface area contributed by atoms with E-state index in [-0.39, 0.29) is 49.2 Å². The zero-order valence-corrected chi connectivity index (χ0v) is 20.1. The third kappa shape index (κ3) is 6.20. The van der Waals surface area contributed by atoms with Gasteiger partial charge >= 0.3 is 6.09 Å². The third-order valence-electron chi connectivity index (χ3n) is 6.03. The Morgan fingerprint density at radius 2 is 2.06 bits per heavy atom. The molecule has 2 aliphatic rings. The number of amides is 2. The van der Waals surface area contributed by atoms with Gasteiger partial charge in [-0.25, -0.2) is 13.6 Å². The highest BCUT2D eigenvalue weighted by atomic mass is 19.1. The molecule has 1 aromatic heterocycles. The minimum absolute atomic E-state index is 0.0186. The normalized spacial score (nSPS) is 17.8. The minimum atomic E-state index is -0.782. The van der Waals surface area contributed by atoms with Gasteiger partial charge in [0.05, 0.1) is 25.3 Å². The summed E-state index contributed by atoms with van der Waals surface area (Å²) in [6.45, 7) is 3.79. The van der Waals surface area contributed by atoms with Gasteiger partial charge in [-0.1, -0.05) is 19.4 Å². The summed E-state index contributed by atoms with van der Waals surface area (Å²) in [4.78, 5) is 27.5. The summed E-state index contributed by atoms with van der Waals surface area (Å²) in [7, 11) is 0. The predicted octanol–water partition coefficient (Wildman–Crippen LogP) is 4.18. The number of carbonyl (C=O) groups excluding carboxylic acids is 2. The molecule has 3 heterocycles. The number of halogens is 2. The first kappa shape index (κ1) is 25.6. The van der Waals surface area contributed by atoms with Gasteiger partial charge in [0.2, 0.25) is 5.91 Å². The average Bonchev–Trinajstić information content (AvgIpc) is 3.52. The monoisotopic (exact) mass is 505 g/mol. The Bertz CT molecular complexity index is 1070. The number of rotatable bonds is 11. The molecule has 1 saturated heterocycles. The smallest absolute Gasteiger partial charge is 0.414 e. The molecule has 0 aliphatic carbocycles. The van der Waals surface area contributed by atoms with Gasteiger partial charge in [-0.05, 0) is 35.7 Å². The van der Waals surface area contributed by atoms with Gasteiger partial charge in [0.25, 0.3) is 5.88 Å². The van der Waals surface area contributed by atoms with E-state index in [9.17, 15) is 9.59 Å². The standard InChI is InChI=1S/C25H29F2N3O6/c1-2-3-10-33-11-7-23(31)29-8-4-17(5-9-29)24-20(26)13-18(14-21(24)27)30-15-19(36-25(30)32)16-34-22-6-12-35-28-22/h4,6,12-14,19H,2-3,5,7-11,15-16H2,1H3. The highest BCUT2D eigenvalue weighted by Crippen LogP contribution is 2.32. The molecule has 0 N–H and O–H groups in total. The van der Waals surface area contributed by atoms with Gasteiger partial charge in [0.15, 0.2) is 6.10 Å². The quantitative estimate of drug-likeness (QED) is 0.423. The van der Waals surface area contributed by atoms with E-state index in [2.05, 4.69) is 16.6 Å². The number of hydrogen-bond acceptors (Lipinski definition) is 7. The number of benzene rings is 1. The molecule has 2 amide bonds. The number of aromatic nitrogens is 1. The topological polar surface area (TPSA) is 94.3 Å². The summed E-state index contributed by atoms with van der Waals surface area (Å²) in [6.07, 6.45) is 4.24. The molecule has 1 fully saturated rings. The second-order valence-electron chi connectivity index (χ2n) is 8.58. The van der Waals surface area contributed by atoms with Crippen LogP contribution in [-0.2, 0) is 14.3 Å². The number of cyclic esters (lactones) is 1. The van der Waals surface area contributed by atoms with Crippen molar-refractivity contribution in [2.45, 2.75) is 38.7 Å². The fourth-order valence-electron chi connectivity index (χ4n) is 4.08. The van der Waals surface area contributed by atoms with E-state index in [1.54, 1.807) is 11.0 Å². The molecule has 36 heavy (non-hydrogen) atoms. The lowest BCUT2D eigenvalue weighted by atomic mass is 9.97. The van der Waals surface area contributed by atoms with Gasteiger partial charge < -0.3 is 23.6 Å². The summed E-state index contributed by atoms with van der Waals surface area (Å²) in [6, 6.07) is 3.75. The van der Waals surface area contributed by atoms with Gasteiger partial charge in [0.1, 0.15) is 24.5 Å². The SMILES string of the molecule is CCCCOCCC(=O)N1CC=C(c2c(F)cc(N3CC(COc4ccon4)OC3=O)cc2F)CC1. The van der Waals surface area contributed by atoms with Crippen LogP contribution in [0.4, 0.5) is 19.3 Å². The number of hydrogen-bond donors (Lipinski definition) is 0. The molecular formula is C25H29F2N3O6. The van der Waals surface area contributed by atoms with Crippen molar-refractivity contribution in [2.75, 3.05) is 44.4 Å². The molecule has 0 saturated carbocycles. The van der Waals surface area contributed by atoms with E-state index in [1.807, 2.05) is 0 Å². The fraction of sp³-hybridized carbons (Fsp3) is 0.480. The molecular weight excluding hydrogens is 476 g/mol. The average molecular weight is 506 g/mol. The first-order chi connectivity index (χ1) is 17.5. The fourth-order valence-corrected chi connectivity index (χ4v) is 4.08. The first-order valence-corrected chi connectivity index (χ1v) is 12.0. The lowest BCUT2D eigenvalue weighted by Crippen LogP contribution is -2.35. The van der Waals surface area contributed by atoms with Crippen LogP contribution in [0.15, 0.2) is 35.1 Å². The zero-order chi connectivity index (χ0) is 25.5. The van der Waals surface area contributed by atoms with Crippen molar-refractivity contribution in [2.24, 2.45) is 0 Å². The molecule has 1 aromatic carbocycles. The van der Waals surface area contributed by atoms with Crippen LogP contribution in [0.1, 0.15) is 38.2 Å². The van der Waals surface area contributed by atoms with Crippen LogP contribution in [0.3, 0.4) is 0 Å². The number of carbonyl (C=O) groups is 2. The molecule has 1 atom stereocenters. The van der Waals surface area contributed by atoms with Crippen LogP contribution < -0.4 is 9.64 Å². The zero-order valence-electron chi connectivity index (χ0n) is 20.1. The van der Waals surface area contributed by atoms with Crippen LogP contribution in [0.2, 0.25) is 0 Å². The third-order valence-corrected chi connectivity index (χ3v) is 6.03. The van der Waals surface area contributed by atoms with Gasteiger partial charge in [-0.2, -0.15) is 0 Å². The number of ether oxygens (including phenoxy) is 3. The Morgan fingerprint density at radius 3 is 2.72 bits per heavy atom. The summed E-state index contributed by atoms with van der Waals surface area (Å²) in [5.74, 6) is -1.37. The van der Waals surface area contributed by atoms with E-state index in [0.29, 0.717) is 31.8 Å². The molecule has 2 aromatic rings. The molecule has 194 valence electrons. The van der Waals surface area contributed by atoms with Crippen LogP contribution >= 0.6 is 0 Å².